The fourth-order valence-corrected chi connectivity index (χ4v) is 3.53. The van der Waals surface area contributed by atoms with Gasteiger partial charge in [-0.1, -0.05) is 11.8 Å². The molecule has 3 rings (SSSR count). The number of aromatic nitrogens is 2. The van der Waals surface area contributed by atoms with Gasteiger partial charge in [0.15, 0.2) is 5.16 Å². The van der Waals surface area contributed by atoms with Crippen molar-refractivity contribution < 1.29 is 14.3 Å². The van der Waals surface area contributed by atoms with E-state index in [2.05, 4.69) is 9.97 Å². The zero-order valence-electron chi connectivity index (χ0n) is 14.2. The Morgan fingerprint density at radius 3 is 2.48 bits per heavy atom. The van der Waals surface area contributed by atoms with Gasteiger partial charge in [0.25, 0.3) is 11.5 Å². The first-order chi connectivity index (χ1) is 12.1. The van der Waals surface area contributed by atoms with Crippen LogP contribution in [0, 0.1) is 5.92 Å². The average Bonchev–Trinajstić information content (AvgIpc) is 2.67. The van der Waals surface area contributed by atoms with Crippen molar-refractivity contribution in [2.45, 2.75) is 18.0 Å². The molecule has 1 N–H and O–H groups in total. The van der Waals surface area contributed by atoms with Crippen molar-refractivity contribution in [3.63, 3.8) is 0 Å². The van der Waals surface area contributed by atoms with Crippen LogP contribution >= 0.6 is 11.8 Å². The van der Waals surface area contributed by atoms with Crippen molar-refractivity contribution in [3.05, 3.63) is 22.1 Å². The number of aromatic amines is 1. The lowest BCUT2D eigenvalue weighted by atomic mass is 9.94. The maximum atomic E-state index is 12.5. The average molecular weight is 366 g/mol. The number of carbonyl (C=O) groups is 2. The first-order valence-electron chi connectivity index (χ1n) is 8.39. The first-order valence-corrected chi connectivity index (χ1v) is 9.61. The van der Waals surface area contributed by atoms with Crippen LogP contribution in [0.5, 0.6) is 0 Å². The van der Waals surface area contributed by atoms with Gasteiger partial charge in [-0.3, -0.25) is 14.4 Å². The van der Waals surface area contributed by atoms with Gasteiger partial charge < -0.3 is 19.5 Å². The SMILES string of the molecule is CSc1ncc(C(=O)N2CCC(C(=O)N3CCOCC3)CC2)c(=O)[nH]1. The van der Waals surface area contributed by atoms with E-state index in [0.29, 0.717) is 57.4 Å². The maximum absolute atomic E-state index is 12.5. The summed E-state index contributed by atoms with van der Waals surface area (Å²) in [5.41, 5.74) is -0.369. The second-order valence-corrected chi connectivity index (χ2v) is 6.93. The Bertz CT molecular complexity index is 694. The summed E-state index contributed by atoms with van der Waals surface area (Å²) in [7, 11) is 0. The van der Waals surface area contributed by atoms with Crippen LogP contribution in [-0.4, -0.2) is 77.2 Å². The van der Waals surface area contributed by atoms with Gasteiger partial charge in [-0.2, -0.15) is 0 Å². The summed E-state index contributed by atoms with van der Waals surface area (Å²) < 4.78 is 5.28. The molecule has 0 spiro atoms. The first kappa shape index (κ1) is 17.9. The molecule has 1 aromatic heterocycles. The predicted octanol–water partition coefficient (Wildman–Crippen LogP) is 0.203. The zero-order valence-corrected chi connectivity index (χ0v) is 15.0. The number of thioether (sulfide) groups is 1. The molecule has 0 aliphatic carbocycles. The largest absolute Gasteiger partial charge is 0.378 e. The third-order valence-electron chi connectivity index (χ3n) is 4.65. The highest BCUT2D eigenvalue weighted by Gasteiger charge is 2.31. The molecule has 136 valence electrons. The lowest BCUT2D eigenvalue weighted by Gasteiger charge is -2.35. The van der Waals surface area contributed by atoms with E-state index < -0.39 is 5.56 Å². The minimum Gasteiger partial charge on any atom is -0.378 e. The standard InChI is InChI=1S/C16H22N4O4S/c1-25-16-17-10-12(13(21)18-16)15(23)19-4-2-11(3-5-19)14(22)20-6-8-24-9-7-20/h10-11H,2-9H2,1H3,(H,17,18,21). The summed E-state index contributed by atoms with van der Waals surface area (Å²) in [6, 6.07) is 0. The molecule has 1 aromatic rings. The minimum absolute atomic E-state index is 0.0516. The molecule has 0 bridgehead atoms. The molecule has 2 saturated heterocycles. The number of ether oxygens (including phenoxy) is 1. The van der Waals surface area contributed by atoms with Crippen LogP contribution in [-0.2, 0) is 9.53 Å². The maximum Gasteiger partial charge on any atom is 0.264 e. The third-order valence-corrected chi connectivity index (χ3v) is 5.25. The second-order valence-electron chi connectivity index (χ2n) is 6.14. The molecule has 25 heavy (non-hydrogen) atoms. The Kier molecular flexibility index (Phi) is 5.74. The van der Waals surface area contributed by atoms with Crippen LogP contribution in [0.1, 0.15) is 23.2 Å². The summed E-state index contributed by atoms with van der Waals surface area (Å²) in [6.45, 7) is 3.41. The zero-order chi connectivity index (χ0) is 17.8. The Balaban J connectivity index is 1.59. The number of rotatable bonds is 3. The number of H-pyrrole nitrogens is 1. The molecule has 0 radical (unpaired) electrons. The number of piperidine rings is 1. The normalized spacial score (nSPS) is 19.1. The van der Waals surface area contributed by atoms with Crippen LogP contribution < -0.4 is 5.56 Å². The molecule has 2 aliphatic rings. The number of hydrogen-bond acceptors (Lipinski definition) is 6. The molecular weight excluding hydrogens is 344 g/mol. The number of likely N-dealkylation sites (tertiary alicyclic amines) is 1. The van der Waals surface area contributed by atoms with E-state index in [1.807, 2.05) is 4.90 Å². The van der Waals surface area contributed by atoms with Crippen LogP contribution in [0.3, 0.4) is 0 Å². The molecule has 3 heterocycles. The third kappa shape index (κ3) is 4.04. The molecule has 2 amide bonds. The second kappa shape index (κ2) is 8.01. The van der Waals surface area contributed by atoms with E-state index in [1.165, 1.54) is 18.0 Å². The molecule has 2 fully saturated rings. The topological polar surface area (TPSA) is 95.6 Å². The summed E-state index contributed by atoms with van der Waals surface area (Å²) >= 11 is 1.31. The van der Waals surface area contributed by atoms with Crippen LogP contribution in [0.4, 0.5) is 0 Å². The Labute approximate surface area is 149 Å². The van der Waals surface area contributed by atoms with Gasteiger partial charge in [0.1, 0.15) is 5.56 Å². The van der Waals surface area contributed by atoms with Gasteiger partial charge in [-0.25, -0.2) is 4.98 Å². The van der Waals surface area contributed by atoms with Crippen molar-refractivity contribution >= 4 is 23.6 Å². The van der Waals surface area contributed by atoms with Crippen molar-refractivity contribution in [1.82, 2.24) is 19.8 Å². The molecule has 9 heteroatoms. The molecule has 0 saturated carbocycles. The molecule has 2 aliphatic heterocycles. The number of amides is 2. The van der Waals surface area contributed by atoms with Gasteiger partial charge in [-0.05, 0) is 19.1 Å². The highest BCUT2D eigenvalue weighted by atomic mass is 32.2. The number of nitrogens with zero attached hydrogens (tertiary/aromatic N) is 3. The van der Waals surface area contributed by atoms with Gasteiger partial charge in [0.2, 0.25) is 5.91 Å². The van der Waals surface area contributed by atoms with E-state index in [0.717, 1.165) is 0 Å². The van der Waals surface area contributed by atoms with Gasteiger partial charge in [0.05, 0.1) is 13.2 Å². The summed E-state index contributed by atoms with van der Waals surface area (Å²) in [5, 5.41) is 0.483. The van der Waals surface area contributed by atoms with Crippen molar-refractivity contribution in [2.75, 3.05) is 45.6 Å². The number of carbonyl (C=O) groups excluding carboxylic acids is 2. The number of hydrogen-bond donors (Lipinski definition) is 1. The molecule has 0 atom stereocenters. The highest BCUT2D eigenvalue weighted by molar-refractivity contribution is 7.98. The predicted molar refractivity (Wildman–Crippen MR) is 92.7 cm³/mol. The summed E-state index contributed by atoms with van der Waals surface area (Å²) in [4.78, 5) is 47.2. The lowest BCUT2D eigenvalue weighted by molar-refractivity contribution is -0.141. The molecule has 8 nitrogen and oxygen atoms in total. The smallest absolute Gasteiger partial charge is 0.264 e. The van der Waals surface area contributed by atoms with E-state index in [9.17, 15) is 14.4 Å². The number of nitrogens with one attached hydrogen (secondary N) is 1. The molecule has 0 unspecified atom stereocenters. The Hall–Kier alpha value is -1.87. The quantitative estimate of drug-likeness (QED) is 0.607. The van der Waals surface area contributed by atoms with Crippen LogP contribution in [0.15, 0.2) is 16.1 Å². The van der Waals surface area contributed by atoms with Gasteiger partial charge in [0, 0.05) is 38.3 Å². The van der Waals surface area contributed by atoms with Crippen LogP contribution in [0.2, 0.25) is 0 Å². The Morgan fingerprint density at radius 1 is 1.20 bits per heavy atom. The summed E-state index contributed by atoms with van der Waals surface area (Å²) in [5.74, 6) is -0.227. The summed E-state index contributed by atoms with van der Waals surface area (Å²) in [6.07, 6.45) is 4.38. The fraction of sp³-hybridized carbons (Fsp3) is 0.625. The van der Waals surface area contributed by atoms with E-state index >= 15 is 0 Å². The molecule has 0 aromatic carbocycles. The number of morpholine rings is 1. The van der Waals surface area contributed by atoms with Crippen LogP contribution in [0.25, 0.3) is 0 Å². The fourth-order valence-electron chi connectivity index (χ4n) is 3.18. The minimum atomic E-state index is -0.420. The monoisotopic (exact) mass is 366 g/mol. The van der Waals surface area contributed by atoms with Crippen molar-refractivity contribution in [3.8, 4) is 0 Å². The van der Waals surface area contributed by atoms with E-state index in [4.69, 9.17) is 4.74 Å². The lowest BCUT2D eigenvalue weighted by Crippen LogP contribution is -2.48. The Morgan fingerprint density at radius 2 is 1.88 bits per heavy atom. The molecular formula is C16H22N4O4S. The van der Waals surface area contributed by atoms with Gasteiger partial charge in [-0.15, -0.1) is 0 Å². The van der Waals surface area contributed by atoms with Crippen molar-refractivity contribution in [2.24, 2.45) is 5.92 Å². The van der Waals surface area contributed by atoms with E-state index in [-0.39, 0.29) is 23.3 Å². The van der Waals surface area contributed by atoms with Crippen molar-refractivity contribution in [1.29, 1.82) is 0 Å². The van der Waals surface area contributed by atoms with E-state index in [1.54, 1.807) is 11.2 Å². The van der Waals surface area contributed by atoms with Gasteiger partial charge >= 0.3 is 0 Å². The highest BCUT2D eigenvalue weighted by Crippen LogP contribution is 2.21.